The van der Waals surface area contributed by atoms with Crippen LogP contribution < -0.4 is 0 Å². The van der Waals surface area contributed by atoms with Gasteiger partial charge >= 0.3 is 0 Å². The molecule has 0 aromatic heterocycles. The van der Waals surface area contributed by atoms with E-state index in [0.717, 1.165) is 19.5 Å². The van der Waals surface area contributed by atoms with Crippen LogP contribution in [0.15, 0.2) is 60.7 Å². The van der Waals surface area contributed by atoms with E-state index in [0.29, 0.717) is 5.92 Å². The number of piperidine rings is 1. The molecule has 1 N–H and O–H groups in total. The zero-order chi connectivity index (χ0) is 13.6. The smallest absolute Gasteiger partial charge is 0.0889 e. The lowest BCUT2D eigenvalue weighted by Crippen LogP contribution is -2.31. The maximum absolute atomic E-state index is 10.8. The Kier molecular flexibility index (Phi) is 2.69. The normalized spacial score (nSPS) is 32.0. The van der Waals surface area contributed by atoms with Crippen LogP contribution in [-0.4, -0.2) is 22.2 Å². The van der Waals surface area contributed by atoms with Crippen LogP contribution in [0.4, 0.5) is 0 Å². The van der Waals surface area contributed by atoms with Gasteiger partial charge in [-0.05, 0) is 17.5 Å². The summed E-state index contributed by atoms with van der Waals surface area (Å²) in [6.45, 7) is 1.92. The molecule has 2 heteroatoms. The number of benzene rings is 2. The highest BCUT2D eigenvalue weighted by Crippen LogP contribution is 2.60. The van der Waals surface area contributed by atoms with Gasteiger partial charge in [-0.3, -0.25) is 4.90 Å². The summed E-state index contributed by atoms with van der Waals surface area (Å²) in [5, 5.41) is 10.8. The molecule has 1 aliphatic heterocycles. The van der Waals surface area contributed by atoms with Gasteiger partial charge in [0.1, 0.15) is 0 Å². The Hall–Kier alpha value is -1.64. The number of rotatable bonds is 3. The lowest BCUT2D eigenvalue weighted by atomic mass is 9.99. The molecule has 1 heterocycles. The lowest BCUT2D eigenvalue weighted by molar-refractivity contribution is 0.0643. The molecule has 1 saturated heterocycles. The van der Waals surface area contributed by atoms with E-state index in [2.05, 4.69) is 53.4 Å². The van der Waals surface area contributed by atoms with Crippen molar-refractivity contribution in [3.8, 4) is 0 Å². The Morgan fingerprint density at radius 3 is 2.35 bits per heavy atom. The van der Waals surface area contributed by atoms with Gasteiger partial charge in [0.25, 0.3) is 0 Å². The Bertz CT molecular complexity index is 597. The van der Waals surface area contributed by atoms with Gasteiger partial charge in [0.2, 0.25) is 0 Å². The van der Waals surface area contributed by atoms with Crippen LogP contribution in [-0.2, 0) is 6.54 Å². The first kappa shape index (κ1) is 12.1. The second kappa shape index (κ2) is 4.44. The van der Waals surface area contributed by atoms with Crippen molar-refractivity contribution in [2.75, 3.05) is 6.54 Å². The minimum Gasteiger partial charge on any atom is -0.388 e. The highest BCUT2D eigenvalue weighted by atomic mass is 16.3. The van der Waals surface area contributed by atoms with E-state index in [9.17, 15) is 5.11 Å². The summed E-state index contributed by atoms with van der Waals surface area (Å²) in [7, 11) is 0. The molecule has 3 atom stereocenters. The minimum atomic E-state index is -0.490. The van der Waals surface area contributed by atoms with Crippen molar-refractivity contribution in [2.45, 2.75) is 24.6 Å². The number of fused-ring (bicyclic) bond motifs is 1. The third-order valence-corrected chi connectivity index (χ3v) is 4.76. The van der Waals surface area contributed by atoms with Crippen molar-refractivity contribution in [3.63, 3.8) is 0 Å². The van der Waals surface area contributed by atoms with Crippen molar-refractivity contribution in [1.82, 2.24) is 4.90 Å². The predicted octanol–water partition coefficient (Wildman–Crippen LogP) is 2.99. The maximum atomic E-state index is 10.8. The maximum Gasteiger partial charge on any atom is 0.0889 e. The summed E-state index contributed by atoms with van der Waals surface area (Å²) in [6, 6.07) is 21.1. The molecule has 20 heavy (non-hydrogen) atoms. The number of aliphatic hydroxyl groups is 1. The number of hydrogen-bond donors (Lipinski definition) is 1. The molecule has 0 radical (unpaired) electrons. The third kappa shape index (κ3) is 1.88. The van der Waals surface area contributed by atoms with E-state index in [1.165, 1.54) is 11.1 Å². The van der Waals surface area contributed by atoms with Crippen molar-refractivity contribution in [3.05, 3.63) is 71.8 Å². The van der Waals surface area contributed by atoms with E-state index in [1.807, 2.05) is 12.1 Å². The average Bonchev–Trinajstić information content (AvgIpc) is 3.03. The van der Waals surface area contributed by atoms with Crippen LogP contribution in [0.2, 0.25) is 0 Å². The predicted molar refractivity (Wildman–Crippen MR) is 79.1 cm³/mol. The van der Waals surface area contributed by atoms with Crippen molar-refractivity contribution < 1.29 is 5.11 Å². The molecular formula is C18H19NO. The first-order chi connectivity index (χ1) is 9.77. The zero-order valence-electron chi connectivity index (χ0n) is 11.4. The van der Waals surface area contributed by atoms with Gasteiger partial charge in [-0.15, -0.1) is 0 Å². The third-order valence-electron chi connectivity index (χ3n) is 4.76. The van der Waals surface area contributed by atoms with Crippen LogP contribution in [0.1, 0.15) is 23.6 Å². The van der Waals surface area contributed by atoms with Crippen LogP contribution in [0.5, 0.6) is 0 Å². The molecule has 1 aliphatic carbocycles. The minimum absolute atomic E-state index is 0.147. The molecule has 2 aliphatic rings. The van der Waals surface area contributed by atoms with Crippen LogP contribution in [0, 0.1) is 5.92 Å². The van der Waals surface area contributed by atoms with E-state index >= 15 is 0 Å². The van der Waals surface area contributed by atoms with E-state index in [1.54, 1.807) is 0 Å². The van der Waals surface area contributed by atoms with E-state index in [4.69, 9.17) is 0 Å². The summed E-state index contributed by atoms with van der Waals surface area (Å²) < 4.78 is 0. The molecule has 1 saturated carbocycles. The molecule has 102 valence electrons. The van der Waals surface area contributed by atoms with Crippen molar-refractivity contribution >= 4 is 0 Å². The Balaban J connectivity index is 1.63. The first-order valence-electron chi connectivity index (χ1n) is 7.33. The Labute approximate surface area is 119 Å². The van der Waals surface area contributed by atoms with Gasteiger partial charge in [0.15, 0.2) is 0 Å². The first-order valence-corrected chi connectivity index (χ1v) is 7.33. The van der Waals surface area contributed by atoms with Crippen LogP contribution in [0.3, 0.4) is 0 Å². The number of hydrogen-bond acceptors (Lipinski definition) is 2. The summed E-state index contributed by atoms with van der Waals surface area (Å²) in [5.41, 5.74) is 2.07. The van der Waals surface area contributed by atoms with Gasteiger partial charge < -0.3 is 5.11 Å². The highest BCUT2D eigenvalue weighted by molar-refractivity contribution is 5.31. The highest BCUT2D eigenvalue weighted by Gasteiger charge is 2.65. The van der Waals surface area contributed by atoms with Gasteiger partial charge in [-0.1, -0.05) is 60.7 Å². The monoisotopic (exact) mass is 265 g/mol. The fourth-order valence-electron chi connectivity index (χ4n) is 3.71. The fraction of sp³-hybridized carbons (Fsp3) is 0.333. The molecular weight excluding hydrogens is 246 g/mol. The molecule has 2 unspecified atom stereocenters. The molecule has 2 fully saturated rings. The Morgan fingerprint density at radius 2 is 1.65 bits per heavy atom. The molecule has 0 spiro atoms. The summed E-state index contributed by atoms with van der Waals surface area (Å²) in [6.07, 6.45) is 0.956. The quantitative estimate of drug-likeness (QED) is 0.922. The van der Waals surface area contributed by atoms with Gasteiger partial charge in [-0.25, -0.2) is 0 Å². The summed E-state index contributed by atoms with van der Waals surface area (Å²) >= 11 is 0. The van der Waals surface area contributed by atoms with Crippen molar-refractivity contribution in [1.29, 1.82) is 0 Å². The second-order valence-electron chi connectivity index (χ2n) is 6.12. The van der Waals surface area contributed by atoms with Crippen molar-refractivity contribution in [2.24, 2.45) is 5.92 Å². The molecule has 2 aromatic rings. The van der Waals surface area contributed by atoms with Crippen LogP contribution in [0.25, 0.3) is 0 Å². The molecule has 2 nitrogen and oxygen atoms in total. The SMILES string of the molecule is OC12CC1CN(Cc1ccccc1)[C@H]2c1ccccc1. The zero-order valence-corrected chi connectivity index (χ0v) is 11.4. The second-order valence-corrected chi connectivity index (χ2v) is 6.12. The topological polar surface area (TPSA) is 23.5 Å². The summed E-state index contributed by atoms with van der Waals surface area (Å²) in [4.78, 5) is 2.43. The Morgan fingerprint density at radius 1 is 1.00 bits per heavy atom. The van der Waals surface area contributed by atoms with Gasteiger partial charge in [-0.2, -0.15) is 0 Å². The number of likely N-dealkylation sites (tertiary alicyclic amines) is 1. The van der Waals surface area contributed by atoms with Gasteiger partial charge in [0.05, 0.1) is 11.6 Å². The van der Waals surface area contributed by atoms with E-state index in [-0.39, 0.29) is 6.04 Å². The van der Waals surface area contributed by atoms with Crippen LogP contribution >= 0.6 is 0 Å². The van der Waals surface area contributed by atoms with E-state index < -0.39 is 5.60 Å². The molecule has 0 bridgehead atoms. The largest absolute Gasteiger partial charge is 0.388 e. The fourth-order valence-corrected chi connectivity index (χ4v) is 3.71. The summed E-state index contributed by atoms with van der Waals surface area (Å²) in [5.74, 6) is 0.455. The molecule has 2 aromatic carbocycles. The standard InChI is InChI=1S/C18H19NO/c20-18-11-16(18)13-19(12-14-7-3-1-4-8-14)17(18)15-9-5-2-6-10-15/h1-10,16-17,20H,11-13H2/t16?,17-,18?/m0/s1. The number of nitrogens with zero attached hydrogens (tertiary/aromatic N) is 1. The molecule has 4 rings (SSSR count). The molecule has 0 amide bonds. The lowest BCUT2D eigenvalue weighted by Gasteiger charge is -2.30. The van der Waals surface area contributed by atoms with Gasteiger partial charge in [0, 0.05) is 19.0 Å². The average molecular weight is 265 g/mol.